The van der Waals surface area contributed by atoms with Crippen molar-refractivity contribution in [2.75, 3.05) is 7.11 Å². The Labute approximate surface area is 182 Å². The van der Waals surface area contributed by atoms with Gasteiger partial charge in [-0.15, -0.1) is 0 Å². The van der Waals surface area contributed by atoms with Crippen molar-refractivity contribution in [1.29, 1.82) is 0 Å². The molecule has 1 fully saturated rings. The number of nitrogens with zero attached hydrogens (tertiary/aromatic N) is 2. The van der Waals surface area contributed by atoms with E-state index in [0.717, 1.165) is 4.90 Å². The van der Waals surface area contributed by atoms with Crippen LogP contribution in [0.4, 0.5) is 13.2 Å². The first-order chi connectivity index (χ1) is 14.9. The maximum Gasteiger partial charge on any atom is 0.430 e. The van der Waals surface area contributed by atoms with Crippen molar-refractivity contribution in [3.63, 3.8) is 0 Å². The second kappa shape index (κ2) is 8.15. The molecule has 1 aromatic rings. The zero-order valence-electron chi connectivity index (χ0n) is 16.1. The Morgan fingerprint density at radius 3 is 2.06 bits per heavy atom. The minimum Gasteiger partial charge on any atom is -0.542 e. The molecule has 168 valence electrons. The van der Waals surface area contributed by atoms with Gasteiger partial charge >= 0.3 is 12.1 Å². The van der Waals surface area contributed by atoms with E-state index < -0.39 is 53.3 Å². The van der Waals surface area contributed by atoms with Gasteiger partial charge in [0.15, 0.2) is 17.5 Å². The molecule has 0 saturated carbocycles. The smallest absolute Gasteiger partial charge is 0.430 e. The molecular weight excluding hydrogens is 457 g/mol. The fourth-order valence-electron chi connectivity index (χ4n) is 3.36. The van der Waals surface area contributed by atoms with Crippen molar-refractivity contribution in [2.45, 2.75) is 23.6 Å². The summed E-state index contributed by atoms with van der Waals surface area (Å²) in [5, 5.41) is 9.93. The molecule has 3 amide bonds. The predicted molar refractivity (Wildman–Crippen MR) is 101 cm³/mol. The number of ether oxygens (including phenoxy) is 1. The molecular formula is C19H13F3N2O7S. The lowest BCUT2D eigenvalue weighted by Gasteiger charge is -2.45. The Bertz CT molecular complexity index is 1050. The van der Waals surface area contributed by atoms with E-state index in [1.807, 2.05) is 0 Å². The van der Waals surface area contributed by atoms with Crippen LogP contribution in [0, 0.1) is 0 Å². The first-order valence-electron chi connectivity index (χ1n) is 8.74. The Hall–Kier alpha value is -3.61. The van der Waals surface area contributed by atoms with E-state index in [1.165, 1.54) is 23.4 Å². The van der Waals surface area contributed by atoms with Crippen molar-refractivity contribution < 1.29 is 47.0 Å². The van der Waals surface area contributed by atoms with Crippen molar-refractivity contribution >= 4 is 46.4 Å². The number of benzene rings is 1. The average Bonchev–Trinajstić information content (AvgIpc) is 2.98. The van der Waals surface area contributed by atoms with E-state index in [0.29, 0.717) is 5.57 Å². The molecule has 3 heterocycles. The Morgan fingerprint density at radius 1 is 1.12 bits per heavy atom. The summed E-state index contributed by atoms with van der Waals surface area (Å²) in [4.78, 5) is 61.0. The largest absolute Gasteiger partial charge is 0.542 e. The molecule has 0 unspecified atom stereocenters. The standard InChI is InChI=1S/C17H13N2O5S.C2HF3O2/c1-8-7-25-16-12(15(22)19(16)11(8)17(23)24-2)18-13(20)9-5-3-4-6-10(9)14(18)21;3-2(4,5)1(6)7/h3-7,11-12,16H,1H2,2H3;(H,6,7)/q+1;/p-1/t11-,12-,16-;/m1./s1. The van der Waals surface area contributed by atoms with E-state index in [9.17, 15) is 32.3 Å². The highest BCUT2D eigenvalue weighted by molar-refractivity contribution is 7.78. The van der Waals surface area contributed by atoms with Crippen molar-refractivity contribution in [2.24, 2.45) is 0 Å². The molecule has 1 aromatic carbocycles. The number of aliphatic carboxylic acids is 1. The van der Waals surface area contributed by atoms with Crippen LogP contribution in [0.1, 0.15) is 20.7 Å². The number of methoxy groups -OCH3 is 1. The van der Waals surface area contributed by atoms with Gasteiger partial charge in [0.1, 0.15) is 5.97 Å². The predicted octanol–water partition coefficient (Wildman–Crippen LogP) is -0.886. The highest BCUT2D eigenvalue weighted by Crippen LogP contribution is 2.36. The quantitative estimate of drug-likeness (QED) is 0.137. The van der Waals surface area contributed by atoms with E-state index in [1.54, 1.807) is 29.6 Å². The summed E-state index contributed by atoms with van der Waals surface area (Å²) in [6, 6.07) is 4.61. The normalized spacial score (nSPS) is 23.7. The maximum atomic E-state index is 12.7. The summed E-state index contributed by atoms with van der Waals surface area (Å²) in [6.45, 7) is 3.78. The van der Waals surface area contributed by atoms with Crippen LogP contribution in [0.2, 0.25) is 0 Å². The van der Waals surface area contributed by atoms with E-state index in [2.05, 4.69) is 6.58 Å². The molecule has 3 aliphatic heterocycles. The van der Waals surface area contributed by atoms with Crippen molar-refractivity contribution in [3.8, 4) is 0 Å². The van der Waals surface area contributed by atoms with Crippen molar-refractivity contribution in [3.05, 3.63) is 47.5 Å². The molecule has 4 rings (SSSR count). The number of hydrogen-bond donors (Lipinski definition) is 0. The first kappa shape index (κ1) is 23.1. The minimum absolute atomic E-state index is 0.289. The van der Waals surface area contributed by atoms with E-state index >= 15 is 0 Å². The maximum absolute atomic E-state index is 12.7. The number of carbonyl (C=O) groups excluding carboxylic acids is 5. The number of amides is 3. The average molecular weight is 470 g/mol. The van der Waals surface area contributed by atoms with Gasteiger partial charge in [-0.05, 0) is 12.1 Å². The highest BCUT2D eigenvalue weighted by atomic mass is 32.1. The zero-order chi connectivity index (χ0) is 24.0. The van der Waals surface area contributed by atoms with Crippen LogP contribution < -0.4 is 5.11 Å². The summed E-state index contributed by atoms with van der Waals surface area (Å²) >= 11 is 1.26. The van der Waals surface area contributed by atoms with Gasteiger partial charge in [0.05, 0.1) is 18.2 Å². The molecule has 32 heavy (non-hydrogen) atoms. The number of halogens is 3. The number of alkyl halides is 3. The summed E-state index contributed by atoms with van der Waals surface area (Å²) in [5.41, 5.74) is 1.03. The Balaban J connectivity index is 0.000000360. The summed E-state index contributed by atoms with van der Waals surface area (Å²) in [5.74, 6) is -5.04. The number of β-lactam (4-membered cyclic amide) rings is 1. The third kappa shape index (κ3) is 3.64. The van der Waals surface area contributed by atoms with Gasteiger partial charge in [0.2, 0.25) is 11.4 Å². The Morgan fingerprint density at radius 2 is 1.62 bits per heavy atom. The molecule has 3 atom stereocenters. The van der Waals surface area contributed by atoms with Crippen LogP contribution in [0.5, 0.6) is 0 Å². The number of carboxylic acid groups (broad SMARTS) is 1. The molecule has 0 aromatic heterocycles. The Kier molecular flexibility index (Phi) is 5.87. The second-order valence-electron chi connectivity index (χ2n) is 6.65. The number of fused-ring (bicyclic) bond motifs is 2. The number of esters is 1. The van der Waals surface area contributed by atoms with Crippen LogP contribution in [-0.4, -0.2) is 75.6 Å². The van der Waals surface area contributed by atoms with Gasteiger partial charge < -0.3 is 14.6 Å². The van der Waals surface area contributed by atoms with E-state index in [4.69, 9.17) is 14.6 Å². The number of hydrogen-bond acceptors (Lipinski definition) is 7. The molecule has 3 aliphatic rings. The SMILES string of the molecule is C=C1C=[S+][C@@H]2[C@H](N3C(=O)c4ccccc4C3=O)C(=O)N2[C@H]1C(=O)OC.O=C([O-])C(F)(F)F. The zero-order valence-corrected chi connectivity index (χ0v) is 16.9. The molecule has 0 spiro atoms. The molecule has 0 bridgehead atoms. The van der Waals surface area contributed by atoms with Crippen LogP contribution in [0.15, 0.2) is 36.4 Å². The van der Waals surface area contributed by atoms with Crippen LogP contribution in [0.25, 0.3) is 0 Å². The van der Waals surface area contributed by atoms with Crippen LogP contribution in [-0.2, 0) is 30.5 Å². The van der Waals surface area contributed by atoms with E-state index in [-0.39, 0.29) is 11.1 Å². The molecule has 0 radical (unpaired) electrons. The number of carbonyl (C=O) groups is 5. The second-order valence-corrected chi connectivity index (χ2v) is 7.64. The molecule has 0 aliphatic carbocycles. The van der Waals surface area contributed by atoms with Gasteiger partial charge in [0, 0.05) is 5.57 Å². The fourth-order valence-corrected chi connectivity index (χ4v) is 4.55. The molecule has 0 N–H and O–H groups in total. The lowest BCUT2D eigenvalue weighted by molar-refractivity contribution is -0.344. The topological polar surface area (TPSA) is 124 Å². The monoisotopic (exact) mass is 470 g/mol. The van der Waals surface area contributed by atoms with Crippen molar-refractivity contribution in [1.82, 2.24) is 9.80 Å². The summed E-state index contributed by atoms with van der Waals surface area (Å²) in [6.07, 6.45) is -5.19. The van der Waals surface area contributed by atoms with Crippen LogP contribution in [0.3, 0.4) is 0 Å². The number of rotatable bonds is 2. The lowest BCUT2D eigenvalue weighted by atomic mass is 9.97. The van der Waals surface area contributed by atoms with Gasteiger partial charge in [-0.25, -0.2) is 4.79 Å². The molecule has 13 heteroatoms. The number of carboxylic acids is 1. The first-order valence-corrected chi connectivity index (χ1v) is 9.68. The van der Waals surface area contributed by atoms with Gasteiger partial charge in [-0.2, -0.15) is 13.2 Å². The minimum atomic E-state index is -5.19. The summed E-state index contributed by atoms with van der Waals surface area (Å²) in [7, 11) is 1.23. The highest BCUT2D eigenvalue weighted by Gasteiger charge is 2.66. The fraction of sp³-hybridized carbons (Fsp3) is 0.263. The third-order valence-electron chi connectivity index (χ3n) is 4.80. The number of imide groups is 1. The molecule has 9 nitrogen and oxygen atoms in total. The van der Waals surface area contributed by atoms with Gasteiger partial charge in [-0.3, -0.25) is 24.2 Å². The van der Waals surface area contributed by atoms with Gasteiger partial charge in [-0.1, -0.05) is 18.7 Å². The lowest BCUT2D eigenvalue weighted by Crippen LogP contribution is -2.76. The summed E-state index contributed by atoms with van der Waals surface area (Å²) < 4.78 is 36.3. The van der Waals surface area contributed by atoms with Gasteiger partial charge in [0.25, 0.3) is 23.1 Å². The third-order valence-corrected chi connectivity index (χ3v) is 6.00. The van der Waals surface area contributed by atoms with Crippen LogP contribution >= 0.6 is 0 Å². The molecule has 1 saturated heterocycles.